The summed E-state index contributed by atoms with van der Waals surface area (Å²) in [6.07, 6.45) is 2.25. The highest BCUT2D eigenvalue weighted by molar-refractivity contribution is 7.85. The summed E-state index contributed by atoms with van der Waals surface area (Å²) >= 11 is 0. The third kappa shape index (κ3) is 4.90. The van der Waals surface area contributed by atoms with Gasteiger partial charge in [-0.3, -0.25) is 0 Å². The van der Waals surface area contributed by atoms with Crippen molar-refractivity contribution in [2.75, 3.05) is 19.0 Å². The first-order valence-corrected chi connectivity index (χ1v) is 6.22. The Morgan fingerprint density at radius 3 is 2.71 bits per heavy atom. The van der Waals surface area contributed by atoms with Crippen LogP contribution in [0.4, 0.5) is 0 Å². The fourth-order valence-electron chi connectivity index (χ4n) is 1.38. The van der Waals surface area contributed by atoms with E-state index in [9.17, 15) is 13.0 Å². The summed E-state index contributed by atoms with van der Waals surface area (Å²) < 4.78 is 41.1. The summed E-state index contributed by atoms with van der Waals surface area (Å²) in [5.41, 5.74) is 0. The topological polar surface area (TPSA) is 75.7 Å². The first kappa shape index (κ1) is 11.9. The van der Waals surface area contributed by atoms with Crippen LogP contribution in [0.25, 0.3) is 0 Å². The molecule has 1 heterocycles. The molecule has 0 aromatic heterocycles. The van der Waals surface area contributed by atoms with Crippen molar-refractivity contribution in [1.82, 2.24) is 0 Å². The van der Waals surface area contributed by atoms with Crippen molar-refractivity contribution in [2.45, 2.75) is 32.0 Å². The van der Waals surface area contributed by atoms with Gasteiger partial charge in [-0.15, -0.1) is 0 Å². The minimum Gasteiger partial charge on any atom is -0.748 e. The molecule has 2 unspecified atom stereocenters. The number of hydrogen-bond donors (Lipinski definition) is 0. The Kier molecular flexibility index (Phi) is 4.31. The molecular formula is C8H15O5S-. The zero-order valence-electron chi connectivity index (χ0n) is 8.14. The number of ether oxygens (including phenoxy) is 2. The van der Waals surface area contributed by atoms with E-state index in [0.717, 1.165) is 12.8 Å². The van der Waals surface area contributed by atoms with E-state index in [1.807, 2.05) is 6.92 Å². The van der Waals surface area contributed by atoms with Crippen molar-refractivity contribution < 1.29 is 22.4 Å². The molecule has 0 spiro atoms. The van der Waals surface area contributed by atoms with Gasteiger partial charge in [0.25, 0.3) is 0 Å². The maximum absolute atomic E-state index is 10.2. The monoisotopic (exact) mass is 223 g/mol. The fourth-order valence-corrected chi connectivity index (χ4v) is 1.71. The van der Waals surface area contributed by atoms with Gasteiger partial charge in [-0.25, -0.2) is 8.42 Å². The van der Waals surface area contributed by atoms with Crippen LogP contribution >= 0.6 is 0 Å². The Bertz CT molecular complexity index is 261. The lowest BCUT2D eigenvalue weighted by Crippen LogP contribution is -2.19. The SMILES string of the molecule is CC1CCC(COCCS(=O)(=O)[O-])O1. The molecule has 1 rings (SSSR count). The number of rotatable bonds is 5. The quantitative estimate of drug-likeness (QED) is 0.488. The molecule has 14 heavy (non-hydrogen) atoms. The van der Waals surface area contributed by atoms with Gasteiger partial charge in [0.15, 0.2) is 0 Å². The van der Waals surface area contributed by atoms with Crippen LogP contribution in [-0.4, -0.2) is 44.1 Å². The first-order chi connectivity index (χ1) is 6.47. The average molecular weight is 223 g/mol. The molecule has 1 aliphatic heterocycles. The van der Waals surface area contributed by atoms with E-state index in [1.54, 1.807) is 0 Å². The molecule has 0 aromatic rings. The Hall–Kier alpha value is -0.170. The summed E-state index contributed by atoms with van der Waals surface area (Å²) in [5.74, 6) is -0.463. The van der Waals surface area contributed by atoms with Gasteiger partial charge in [-0.2, -0.15) is 0 Å². The van der Waals surface area contributed by atoms with Crippen LogP contribution in [-0.2, 0) is 19.6 Å². The Balaban J connectivity index is 2.05. The summed E-state index contributed by atoms with van der Waals surface area (Å²) in [6.45, 7) is 2.32. The third-order valence-corrected chi connectivity index (χ3v) is 2.77. The largest absolute Gasteiger partial charge is 0.748 e. The van der Waals surface area contributed by atoms with E-state index in [1.165, 1.54) is 0 Å². The van der Waals surface area contributed by atoms with Crippen molar-refractivity contribution in [1.29, 1.82) is 0 Å². The van der Waals surface area contributed by atoms with Crippen molar-refractivity contribution in [2.24, 2.45) is 0 Å². The van der Waals surface area contributed by atoms with E-state index in [2.05, 4.69) is 0 Å². The van der Waals surface area contributed by atoms with Crippen molar-refractivity contribution in [3.63, 3.8) is 0 Å². The second-order valence-electron chi connectivity index (χ2n) is 3.48. The zero-order valence-corrected chi connectivity index (χ0v) is 8.96. The van der Waals surface area contributed by atoms with Crippen LogP contribution in [0.3, 0.4) is 0 Å². The van der Waals surface area contributed by atoms with E-state index < -0.39 is 15.9 Å². The molecule has 0 aromatic carbocycles. The van der Waals surface area contributed by atoms with E-state index in [4.69, 9.17) is 9.47 Å². The number of hydrogen-bond acceptors (Lipinski definition) is 5. The van der Waals surface area contributed by atoms with Crippen LogP contribution < -0.4 is 0 Å². The maximum atomic E-state index is 10.2. The summed E-state index contributed by atoms with van der Waals surface area (Å²) in [6, 6.07) is 0. The van der Waals surface area contributed by atoms with Crippen LogP contribution in [0.15, 0.2) is 0 Å². The van der Waals surface area contributed by atoms with Crippen LogP contribution in [0.5, 0.6) is 0 Å². The second kappa shape index (κ2) is 5.06. The molecule has 0 radical (unpaired) electrons. The molecule has 0 saturated carbocycles. The maximum Gasteiger partial charge on any atom is 0.0968 e. The molecule has 0 N–H and O–H groups in total. The minimum absolute atomic E-state index is 0.0416. The molecule has 0 amide bonds. The molecule has 84 valence electrons. The Morgan fingerprint density at radius 2 is 2.21 bits per heavy atom. The van der Waals surface area contributed by atoms with Gasteiger partial charge in [0.2, 0.25) is 0 Å². The highest BCUT2D eigenvalue weighted by Gasteiger charge is 2.21. The van der Waals surface area contributed by atoms with Crippen molar-refractivity contribution in [3.05, 3.63) is 0 Å². The molecule has 6 heteroatoms. The average Bonchev–Trinajstić information content (AvgIpc) is 2.44. The van der Waals surface area contributed by atoms with Gasteiger partial charge in [-0.05, 0) is 19.8 Å². The van der Waals surface area contributed by atoms with E-state index in [0.29, 0.717) is 6.61 Å². The van der Waals surface area contributed by atoms with E-state index >= 15 is 0 Å². The molecule has 0 bridgehead atoms. The summed E-state index contributed by atoms with van der Waals surface area (Å²) in [5, 5.41) is 0. The van der Waals surface area contributed by atoms with Gasteiger partial charge < -0.3 is 14.0 Å². The molecule has 5 nitrogen and oxygen atoms in total. The van der Waals surface area contributed by atoms with Gasteiger partial charge in [0, 0.05) is 0 Å². The first-order valence-electron chi connectivity index (χ1n) is 4.64. The third-order valence-electron chi connectivity index (χ3n) is 2.10. The lowest BCUT2D eigenvalue weighted by molar-refractivity contribution is -0.00576. The molecular weight excluding hydrogens is 208 g/mol. The molecule has 1 saturated heterocycles. The van der Waals surface area contributed by atoms with Crippen molar-refractivity contribution >= 4 is 10.1 Å². The lowest BCUT2D eigenvalue weighted by atomic mass is 10.2. The van der Waals surface area contributed by atoms with Gasteiger partial charge in [-0.1, -0.05) is 0 Å². The Labute approximate surface area is 84.1 Å². The second-order valence-corrected chi connectivity index (χ2v) is 5.01. The van der Waals surface area contributed by atoms with Crippen LogP contribution in [0.1, 0.15) is 19.8 Å². The van der Waals surface area contributed by atoms with E-state index in [-0.39, 0.29) is 18.8 Å². The predicted octanol–water partition coefficient (Wildman–Crippen LogP) is 0.116. The van der Waals surface area contributed by atoms with Crippen molar-refractivity contribution in [3.8, 4) is 0 Å². The molecule has 1 aliphatic rings. The molecule has 0 aliphatic carbocycles. The highest BCUT2D eigenvalue weighted by Crippen LogP contribution is 2.18. The summed E-state index contributed by atoms with van der Waals surface area (Å²) in [4.78, 5) is 0. The minimum atomic E-state index is -4.15. The van der Waals surface area contributed by atoms with Crippen LogP contribution in [0, 0.1) is 0 Å². The summed E-state index contributed by atoms with van der Waals surface area (Å²) in [7, 11) is -4.15. The lowest BCUT2D eigenvalue weighted by Gasteiger charge is -2.12. The molecule has 1 fully saturated rings. The normalized spacial score (nSPS) is 28.1. The Morgan fingerprint density at radius 1 is 1.50 bits per heavy atom. The zero-order chi connectivity index (χ0) is 10.6. The van der Waals surface area contributed by atoms with Crippen LogP contribution in [0.2, 0.25) is 0 Å². The van der Waals surface area contributed by atoms with Gasteiger partial charge in [0.05, 0.1) is 41.3 Å². The van der Waals surface area contributed by atoms with Gasteiger partial charge in [0.1, 0.15) is 0 Å². The standard InChI is InChI=1S/C8H16O5S/c1-7-2-3-8(13-7)6-12-4-5-14(9,10)11/h7-8H,2-6H2,1H3,(H,9,10,11)/p-1. The van der Waals surface area contributed by atoms with Gasteiger partial charge >= 0.3 is 0 Å². The molecule has 2 atom stereocenters. The predicted molar refractivity (Wildman–Crippen MR) is 49.0 cm³/mol. The highest BCUT2D eigenvalue weighted by atomic mass is 32.2. The fraction of sp³-hybridized carbons (Fsp3) is 1.00. The smallest absolute Gasteiger partial charge is 0.0968 e.